The van der Waals surface area contributed by atoms with Crippen LogP contribution in [0, 0.1) is 23.7 Å². The van der Waals surface area contributed by atoms with Gasteiger partial charge in [-0.1, -0.05) is 45.9 Å². The molecule has 19 heteroatoms. The number of cyclic esters (lactones) is 1. The van der Waals surface area contributed by atoms with E-state index in [0.717, 1.165) is 0 Å². The van der Waals surface area contributed by atoms with Crippen LogP contribution in [0.1, 0.15) is 74.7 Å². The number of hydrogen-bond donors (Lipinski definition) is 4. The number of pyridine rings is 1. The number of benzene rings is 1. The summed E-state index contributed by atoms with van der Waals surface area (Å²) < 4.78 is 69.0. The molecule has 15 atom stereocenters. The fourth-order valence-electron chi connectivity index (χ4n) is 10.0. The summed E-state index contributed by atoms with van der Waals surface area (Å²) in [6, 6.07) is 7.47. The fourth-order valence-corrected chi connectivity index (χ4v) is 11.3. The number of esters is 1. The number of amides is 2. The highest BCUT2D eigenvalue weighted by atomic mass is 32.2. The van der Waals surface area contributed by atoms with Gasteiger partial charge in [0.05, 0.1) is 41.7 Å². The minimum absolute atomic E-state index is 0.0529. The van der Waals surface area contributed by atoms with Gasteiger partial charge < -0.3 is 49.1 Å². The highest BCUT2D eigenvalue weighted by Crippen LogP contribution is 2.42. The van der Waals surface area contributed by atoms with E-state index in [9.17, 15) is 32.7 Å². The zero-order valence-corrected chi connectivity index (χ0v) is 39.1. The van der Waals surface area contributed by atoms with Gasteiger partial charge in [0, 0.05) is 48.3 Å². The van der Waals surface area contributed by atoms with E-state index in [2.05, 4.69) is 20.3 Å². The number of fused-ring (bicyclic) bond motifs is 4. The van der Waals surface area contributed by atoms with Crippen LogP contribution in [0.5, 0.6) is 0 Å². The number of rotatable bonds is 8. The Morgan fingerprint density at radius 1 is 0.984 bits per heavy atom. The number of ketones is 1. The van der Waals surface area contributed by atoms with Crippen LogP contribution in [-0.2, 0) is 48.0 Å². The molecule has 1 aromatic heterocycles. The Balaban J connectivity index is 1.44. The number of carbonyl (C=O) groups excluding carboxylic acids is 4. The first-order chi connectivity index (χ1) is 30.1. The lowest BCUT2D eigenvalue weighted by Crippen LogP contribution is -2.61. The molecule has 2 bridgehead atoms. The van der Waals surface area contributed by atoms with Crippen molar-refractivity contribution in [3.8, 4) is 11.1 Å². The number of Topliss-reactive ketones (excluding diaryl/α,β-unsaturated/α-hetero) is 1. The van der Waals surface area contributed by atoms with E-state index in [1.54, 1.807) is 85.1 Å². The van der Waals surface area contributed by atoms with Crippen molar-refractivity contribution in [1.29, 1.82) is 0 Å². The van der Waals surface area contributed by atoms with Crippen LogP contribution < -0.4 is 15.4 Å². The van der Waals surface area contributed by atoms with E-state index in [0.29, 0.717) is 17.5 Å². The molecular weight excluding hydrogens is 851 g/mol. The average Bonchev–Trinajstić information content (AvgIpc) is 3.56. The molecule has 0 spiro atoms. The number of likely N-dealkylation sites (N-methyl/N-ethyl adjacent to an activating group) is 1. The molecule has 1 unspecified atom stereocenters. The predicted molar refractivity (Wildman–Crippen MR) is 232 cm³/mol. The second kappa shape index (κ2) is 19.7. The number of aliphatic hydroxyl groups is 1. The van der Waals surface area contributed by atoms with Crippen LogP contribution >= 0.6 is 0 Å². The van der Waals surface area contributed by atoms with Gasteiger partial charge >= 0.3 is 18.2 Å². The van der Waals surface area contributed by atoms with Crippen molar-refractivity contribution in [2.45, 2.75) is 146 Å². The van der Waals surface area contributed by atoms with Crippen molar-refractivity contribution in [2.75, 3.05) is 27.2 Å². The summed E-state index contributed by atoms with van der Waals surface area (Å²) >= 11 is 0. The van der Waals surface area contributed by atoms with Gasteiger partial charge in [-0.2, -0.15) is 0 Å². The molecule has 2 amide bonds. The van der Waals surface area contributed by atoms with E-state index >= 15 is 0 Å². The Bertz CT molecular complexity index is 2110. The van der Waals surface area contributed by atoms with Gasteiger partial charge in [0.15, 0.2) is 11.9 Å². The summed E-state index contributed by atoms with van der Waals surface area (Å²) in [5.74, 6) is -4.75. The first-order valence-corrected chi connectivity index (χ1v) is 23.6. The number of alkyl carbamates (subject to hydrolysis) is 2. The SMILES string of the molecule is CC[C@H]1OC(=O)[C@H](C)[C@H]2OCC(NS(=O)(=O)c3cccc(-c4cccnc4)c3)CNC(=O)O[C@](C)(C[C@@H](C)C(=O)[C@H](C)[C@@H]3NC(=O)O[C@]13C)[C@H](O[C@@H]1O[C@H](C)C[C@H](N(C)C)[C@H]1O)[C@H]2C. The number of hydrogen-bond acceptors (Lipinski definition) is 15. The number of ether oxygens (including phenoxy) is 6. The van der Waals surface area contributed by atoms with Crippen molar-refractivity contribution in [3.63, 3.8) is 0 Å². The topological polar surface area (TPSA) is 230 Å². The maximum atomic E-state index is 14.6. The molecule has 4 fully saturated rings. The van der Waals surface area contributed by atoms with Crippen LogP contribution in [0.15, 0.2) is 53.7 Å². The number of aromatic nitrogens is 1. The predicted octanol–water partition coefficient (Wildman–Crippen LogP) is 3.80. The average molecular weight is 916 g/mol. The van der Waals surface area contributed by atoms with Crippen LogP contribution in [0.3, 0.4) is 0 Å². The second-order valence-corrected chi connectivity index (χ2v) is 20.3. The van der Waals surface area contributed by atoms with Crippen LogP contribution in [0.25, 0.3) is 11.1 Å². The van der Waals surface area contributed by atoms with Crippen molar-refractivity contribution in [1.82, 2.24) is 25.2 Å². The molecule has 2 aromatic rings. The molecule has 0 radical (unpaired) electrons. The highest BCUT2D eigenvalue weighted by Gasteiger charge is 2.58. The summed E-state index contributed by atoms with van der Waals surface area (Å²) in [5, 5.41) is 17.2. The van der Waals surface area contributed by atoms with E-state index in [4.69, 9.17) is 28.4 Å². The minimum atomic E-state index is -4.27. The van der Waals surface area contributed by atoms with E-state index < -0.39 is 106 Å². The summed E-state index contributed by atoms with van der Waals surface area (Å²) in [7, 11) is -0.601. The number of nitrogens with zero attached hydrogens (tertiary/aromatic N) is 2. The van der Waals surface area contributed by atoms with Gasteiger partial charge in [-0.25, -0.2) is 22.7 Å². The fraction of sp³-hybridized carbons (Fsp3) is 0.667. The molecule has 4 saturated heterocycles. The van der Waals surface area contributed by atoms with Gasteiger partial charge in [0.1, 0.15) is 29.7 Å². The molecule has 4 N–H and O–H groups in total. The van der Waals surface area contributed by atoms with Crippen molar-refractivity contribution < 1.29 is 61.1 Å². The standard InChI is InChI=1S/C45H65N5O13S/c1-11-34-45(8)38(48-43(55)63-45)26(4)35(51)24(2)20-44(7)39(61-41-36(52)33(50(9)10)18-25(3)59-41)27(5)37(28(6)40(53)60-34)58-23-31(22-47-42(54)62-44)49-64(56,57)32-16-12-14-29(19-32)30-15-13-17-46-21-30/h12-17,19,21,24-28,31,33-34,36-39,41,49,52H,11,18,20,22-23H2,1-10H3,(H,47,54)(H,48,55)/t24-,25-,26+,27+,28-,31?,33+,34-,36-,37+,38+,39-,41+,44-,45-/m1/s1. The molecule has 354 valence electrons. The molecule has 4 aliphatic rings. The summed E-state index contributed by atoms with van der Waals surface area (Å²) in [4.78, 5) is 62.1. The van der Waals surface area contributed by atoms with Gasteiger partial charge in [-0.05, 0) is 84.8 Å². The van der Waals surface area contributed by atoms with Crippen molar-refractivity contribution in [2.24, 2.45) is 23.7 Å². The molecule has 6 rings (SSSR count). The Kier molecular flexibility index (Phi) is 15.1. The smallest absolute Gasteiger partial charge is 0.408 e. The normalized spacial score (nSPS) is 38.1. The largest absolute Gasteiger partial charge is 0.458 e. The van der Waals surface area contributed by atoms with Crippen LogP contribution in [-0.4, -0.2) is 141 Å². The molecule has 64 heavy (non-hydrogen) atoms. The lowest BCUT2D eigenvalue weighted by molar-refractivity contribution is -0.299. The molecule has 18 nitrogen and oxygen atoms in total. The third-order valence-electron chi connectivity index (χ3n) is 13.4. The first-order valence-electron chi connectivity index (χ1n) is 22.1. The number of nitrogens with one attached hydrogen (secondary N) is 3. The van der Waals surface area contributed by atoms with Gasteiger partial charge in [0.25, 0.3) is 0 Å². The lowest BCUT2D eigenvalue weighted by Gasteiger charge is -2.48. The summed E-state index contributed by atoms with van der Waals surface area (Å²) in [5.41, 5.74) is -1.85. The Morgan fingerprint density at radius 3 is 2.38 bits per heavy atom. The zero-order chi connectivity index (χ0) is 46.9. The van der Waals surface area contributed by atoms with E-state index in [-0.39, 0.29) is 48.8 Å². The number of aliphatic hydroxyl groups excluding tert-OH is 1. The maximum absolute atomic E-state index is 14.6. The molecule has 1 aromatic carbocycles. The quantitative estimate of drug-likeness (QED) is 0.218. The highest BCUT2D eigenvalue weighted by molar-refractivity contribution is 7.89. The molecule has 5 heterocycles. The van der Waals surface area contributed by atoms with Crippen LogP contribution in [0.2, 0.25) is 0 Å². The van der Waals surface area contributed by atoms with Gasteiger partial charge in [-0.3, -0.25) is 14.6 Å². The van der Waals surface area contributed by atoms with Crippen molar-refractivity contribution >= 4 is 34.0 Å². The third kappa shape index (κ3) is 10.4. The first kappa shape index (κ1) is 49.2. The van der Waals surface area contributed by atoms with Crippen LogP contribution in [0.4, 0.5) is 9.59 Å². The molecule has 0 saturated carbocycles. The Hall–Kier alpha value is -4.24. The summed E-state index contributed by atoms with van der Waals surface area (Å²) in [6.45, 7) is 12.9. The second-order valence-electron chi connectivity index (χ2n) is 18.6. The summed E-state index contributed by atoms with van der Waals surface area (Å²) in [6.07, 6.45) is -4.08. The minimum Gasteiger partial charge on any atom is -0.458 e. The van der Waals surface area contributed by atoms with E-state index in [1.165, 1.54) is 12.1 Å². The number of sulfonamides is 1. The lowest BCUT2D eigenvalue weighted by atomic mass is 9.73. The Labute approximate surface area is 375 Å². The molecule has 4 aliphatic heterocycles. The molecular formula is C45H65N5O13S. The van der Waals surface area contributed by atoms with E-state index in [1.807, 2.05) is 25.9 Å². The zero-order valence-electron chi connectivity index (χ0n) is 38.3. The monoisotopic (exact) mass is 915 g/mol. The Morgan fingerprint density at radius 2 is 1.70 bits per heavy atom. The van der Waals surface area contributed by atoms with Gasteiger partial charge in [0.2, 0.25) is 10.0 Å². The molecule has 0 aliphatic carbocycles. The van der Waals surface area contributed by atoms with Gasteiger partial charge in [-0.15, -0.1) is 0 Å². The number of carbonyl (C=O) groups is 4. The third-order valence-corrected chi connectivity index (χ3v) is 14.9. The maximum Gasteiger partial charge on any atom is 0.408 e. The van der Waals surface area contributed by atoms with Crippen molar-refractivity contribution in [3.05, 3.63) is 48.8 Å².